The standard InChI is InChI=1S/C13H21BrN2S/c1-13(2,3)11-9-17-12(15-11)8-16-6-4-5-10(16)7-14/h9-10H,4-8H2,1-3H3. The number of alkyl halides is 1. The van der Waals surface area contributed by atoms with Crippen LogP contribution in [-0.4, -0.2) is 27.8 Å². The molecule has 0 saturated carbocycles. The Hall–Kier alpha value is 0.0700. The van der Waals surface area contributed by atoms with Gasteiger partial charge >= 0.3 is 0 Å². The lowest BCUT2D eigenvalue weighted by molar-refractivity contribution is 0.264. The quantitative estimate of drug-likeness (QED) is 0.788. The topological polar surface area (TPSA) is 16.1 Å². The third-order valence-corrected chi connectivity index (χ3v) is 4.92. The molecule has 2 rings (SSSR count). The van der Waals surface area contributed by atoms with Crippen LogP contribution in [0.1, 0.15) is 44.3 Å². The summed E-state index contributed by atoms with van der Waals surface area (Å²) in [6, 6.07) is 0.706. The summed E-state index contributed by atoms with van der Waals surface area (Å²) in [6.07, 6.45) is 2.65. The van der Waals surface area contributed by atoms with Gasteiger partial charge < -0.3 is 0 Å². The molecule has 0 amide bonds. The molecule has 1 aromatic rings. The Balaban J connectivity index is 2.02. The van der Waals surface area contributed by atoms with E-state index in [9.17, 15) is 0 Å². The zero-order chi connectivity index (χ0) is 12.5. The van der Waals surface area contributed by atoms with Gasteiger partial charge in [0, 0.05) is 22.2 Å². The second-order valence-electron chi connectivity index (χ2n) is 5.80. The number of halogens is 1. The number of thiazole rings is 1. The van der Waals surface area contributed by atoms with Crippen molar-refractivity contribution in [1.82, 2.24) is 9.88 Å². The minimum absolute atomic E-state index is 0.175. The molecule has 0 bridgehead atoms. The van der Waals surface area contributed by atoms with Gasteiger partial charge in [0.1, 0.15) is 5.01 Å². The van der Waals surface area contributed by atoms with E-state index in [4.69, 9.17) is 4.98 Å². The van der Waals surface area contributed by atoms with Crippen LogP contribution in [0.25, 0.3) is 0 Å². The van der Waals surface area contributed by atoms with Gasteiger partial charge in [0.05, 0.1) is 12.2 Å². The van der Waals surface area contributed by atoms with Crippen LogP contribution in [0.3, 0.4) is 0 Å². The third-order valence-electron chi connectivity index (χ3n) is 3.34. The van der Waals surface area contributed by atoms with Gasteiger partial charge in [-0.15, -0.1) is 11.3 Å². The van der Waals surface area contributed by atoms with E-state index >= 15 is 0 Å². The maximum atomic E-state index is 4.78. The molecular weight excluding hydrogens is 296 g/mol. The molecule has 17 heavy (non-hydrogen) atoms. The molecule has 1 atom stereocenters. The second kappa shape index (κ2) is 5.37. The predicted octanol–water partition coefficient (Wildman–Crippen LogP) is 3.80. The average Bonchev–Trinajstić information content (AvgIpc) is 2.86. The van der Waals surface area contributed by atoms with E-state index < -0.39 is 0 Å². The smallest absolute Gasteiger partial charge is 0.107 e. The van der Waals surface area contributed by atoms with E-state index in [0.717, 1.165) is 11.9 Å². The number of hydrogen-bond donors (Lipinski definition) is 0. The summed E-state index contributed by atoms with van der Waals surface area (Å²) in [5.41, 5.74) is 1.40. The Morgan fingerprint density at radius 2 is 2.29 bits per heavy atom. The van der Waals surface area contributed by atoms with Crippen molar-refractivity contribution in [1.29, 1.82) is 0 Å². The summed E-state index contributed by atoms with van der Waals surface area (Å²) in [5, 5.41) is 4.57. The highest BCUT2D eigenvalue weighted by molar-refractivity contribution is 9.09. The fourth-order valence-corrected chi connectivity index (χ4v) is 3.96. The van der Waals surface area contributed by atoms with E-state index in [1.54, 1.807) is 0 Å². The van der Waals surface area contributed by atoms with Crippen LogP contribution in [0.2, 0.25) is 0 Å². The molecule has 2 heterocycles. The average molecular weight is 317 g/mol. The molecule has 0 aliphatic carbocycles. The fourth-order valence-electron chi connectivity index (χ4n) is 2.18. The van der Waals surface area contributed by atoms with E-state index in [1.165, 1.54) is 30.1 Å². The Morgan fingerprint density at radius 3 is 2.88 bits per heavy atom. The van der Waals surface area contributed by atoms with Gasteiger partial charge in [0.25, 0.3) is 0 Å². The normalized spacial score (nSPS) is 22.2. The molecule has 0 aromatic carbocycles. The molecule has 1 fully saturated rings. The number of aromatic nitrogens is 1. The minimum atomic E-state index is 0.175. The van der Waals surface area contributed by atoms with Gasteiger partial charge in [-0.05, 0) is 19.4 Å². The molecule has 1 aromatic heterocycles. The summed E-state index contributed by atoms with van der Waals surface area (Å²) in [4.78, 5) is 7.33. The van der Waals surface area contributed by atoms with Crippen molar-refractivity contribution in [3.05, 3.63) is 16.1 Å². The lowest BCUT2D eigenvalue weighted by Crippen LogP contribution is -2.30. The lowest BCUT2D eigenvalue weighted by Gasteiger charge is -2.21. The third kappa shape index (κ3) is 3.30. The van der Waals surface area contributed by atoms with Crippen LogP contribution in [-0.2, 0) is 12.0 Å². The summed E-state index contributed by atoms with van der Waals surface area (Å²) in [7, 11) is 0. The van der Waals surface area contributed by atoms with Gasteiger partial charge in [0.15, 0.2) is 0 Å². The first-order valence-corrected chi connectivity index (χ1v) is 8.25. The van der Waals surface area contributed by atoms with Gasteiger partial charge in [-0.3, -0.25) is 4.90 Å². The monoisotopic (exact) mass is 316 g/mol. The summed E-state index contributed by atoms with van der Waals surface area (Å²) < 4.78 is 0. The minimum Gasteiger partial charge on any atom is -0.293 e. The molecule has 4 heteroatoms. The molecule has 1 aliphatic heterocycles. The molecule has 96 valence electrons. The maximum Gasteiger partial charge on any atom is 0.107 e. The first-order valence-electron chi connectivity index (χ1n) is 6.25. The summed E-state index contributed by atoms with van der Waals surface area (Å²) in [6.45, 7) is 8.92. The summed E-state index contributed by atoms with van der Waals surface area (Å²) in [5.74, 6) is 0. The largest absolute Gasteiger partial charge is 0.293 e. The number of rotatable bonds is 3. The second-order valence-corrected chi connectivity index (χ2v) is 7.39. The SMILES string of the molecule is CC(C)(C)c1csc(CN2CCCC2CBr)n1. The molecule has 1 saturated heterocycles. The highest BCUT2D eigenvalue weighted by atomic mass is 79.9. The fraction of sp³-hybridized carbons (Fsp3) is 0.769. The van der Waals surface area contributed by atoms with Gasteiger partial charge in [-0.1, -0.05) is 36.7 Å². The van der Waals surface area contributed by atoms with Crippen molar-refractivity contribution in [3.8, 4) is 0 Å². The van der Waals surface area contributed by atoms with Crippen molar-refractivity contribution >= 4 is 27.3 Å². The van der Waals surface area contributed by atoms with E-state index in [0.29, 0.717) is 6.04 Å². The van der Waals surface area contributed by atoms with Crippen molar-refractivity contribution in [2.75, 3.05) is 11.9 Å². The van der Waals surface area contributed by atoms with E-state index in [1.807, 2.05) is 11.3 Å². The van der Waals surface area contributed by atoms with Crippen LogP contribution in [0.5, 0.6) is 0 Å². The first kappa shape index (κ1) is 13.5. The molecular formula is C13H21BrN2S. The zero-order valence-electron chi connectivity index (χ0n) is 10.9. The highest BCUT2D eigenvalue weighted by Crippen LogP contribution is 2.27. The van der Waals surface area contributed by atoms with Crippen molar-refractivity contribution in [3.63, 3.8) is 0 Å². The van der Waals surface area contributed by atoms with Crippen LogP contribution >= 0.6 is 27.3 Å². The van der Waals surface area contributed by atoms with E-state index in [-0.39, 0.29) is 5.41 Å². The van der Waals surface area contributed by atoms with Crippen molar-refractivity contribution in [2.24, 2.45) is 0 Å². The maximum absolute atomic E-state index is 4.78. The molecule has 2 nitrogen and oxygen atoms in total. The summed E-state index contributed by atoms with van der Waals surface area (Å²) >= 11 is 5.42. The number of nitrogens with zero attached hydrogens (tertiary/aromatic N) is 2. The number of hydrogen-bond acceptors (Lipinski definition) is 3. The van der Waals surface area contributed by atoms with Crippen LogP contribution in [0.15, 0.2) is 5.38 Å². The molecule has 1 aliphatic rings. The van der Waals surface area contributed by atoms with Crippen LogP contribution < -0.4 is 0 Å². The molecule has 1 unspecified atom stereocenters. The Morgan fingerprint density at radius 1 is 1.53 bits per heavy atom. The van der Waals surface area contributed by atoms with Gasteiger partial charge in [-0.2, -0.15) is 0 Å². The first-order chi connectivity index (χ1) is 8.00. The van der Waals surface area contributed by atoms with Crippen molar-refractivity contribution < 1.29 is 0 Å². The Labute approximate surface area is 117 Å². The lowest BCUT2D eigenvalue weighted by atomic mass is 9.93. The van der Waals surface area contributed by atoms with Gasteiger partial charge in [-0.25, -0.2) is 4.98 Å². The molecule has 0 radical (unpaired) electrons. The molecule has 0 spiro atoms. The predicted molar refractivity (Wildman–Crippen MR) is 78.0 cm³/mol. The number of likely N-dealkylation sites (tertiary alicyclic amines) is 1. The van der Waals surface area contributed by atoms with Crippen LogP contribution in [0, 0.1) is 0 Å². The van der Waals surface area contributed by atoms with Crippen LogP contribution in [0.4, 0.5) is 0 Å². The Bertz CT molecular complexity index is 370. The highest BCUT2D eigenvalue weighted by Gasteiger charge is 2.25. The zero-order valence-corrected chi connectivity index (χ0v) is 13.3. The Kier molecular flexibility index (Phi) is 4.26. The van der Waals surface area contributed by atoms with Gasteiger partial charge in [0.2, 0.25) is 0 Å². The van der Waals surface area contributed by atoms with Crippen molar-refractivity contribution in [2.45, 2.75) is 51.6 Å². The van der Waals surface area contributed by atoms with E-state index in [2.05, 4.69) is 47.0 Å². The molecule has 0 N–H and O–H groups in total.